The standard InChI is InChI=1S/C14H15ClN2O2/c1-3-17(4-2)14(18)12-9-13(19-16-12)10-5-7-11(15)8-6-10/h5-9H,3-4H2,1-2H3. The summed E-state index contributed by atoms with van der Waals surface area (Å²) in [7, 11) is 0. The van der Waals surface area contributed by atoms with E-state index in [2.05, 4.69) is 5.16 Å². The first-order chi connectivity index (χ1) is 9.15. The second-order valence-corrected chi connectivity index (χ2v) is 4.50. The summed E-state index contributed by atoms with van der Waals surface area (Å²) >= 11 is 5.83. The van der Waals surface area contributed by atoms with E-state index in [9.17, 15) is 4.79 Å². The van der Waals surface area contributed by atoms with Crippen molar-refractivity contribution in [2.45, 2.75) is 13.8 Å². The van der Waals surface area contributed by atoms with Crippen molar-refractivity contribution in [2.75, 3.05) is 13.1 Å². The van der Waals surface area contributed by atoms with Crippen molar-refractivity contribution in [3.05, 3.63) is 41.0 Å². The third kappa shape index (κ3) is 2.96. The molecular weight excluding hydrogens is 264 g/mol. The number of benzene rings is 1. The van der Waals surface area contributed by atoms with Gasteiger partial charge >= 0.3 is 0 Å². The van der Waals surface area contributed by atoms with Crippen LogP contribution in [0.2, 0.25) is 5.02 Å². The lowest BCUT2D eigenvalue weighted by Crippen LogP contribution is -2.30. The third-order valence-electron chi connectivity index (χ3n) is 2.91. The molecule has 0 aliphatic carbocycles. The molecule has 1 aromatic carbocycles. The Morgan fingerprint density at radius 2 is 1.89 bits per heavy atom. The molecule has 5 heteroatoms. The van der Waals surface area contributed by atoms with Crippen LogP contribution >= 0.6 is 11.6 Å². The maximum Gasteiger partial charge on any atom is 0.276 e. The van der Waals surface area contributed by atoms with Crippen molar-refractivity contribution in [3.63, 3.8) is 0 Å². The van der Waals surface area contributed by atoms with Crippen LogP contribution in [0.15, 0.2) is 34.9 Å². The molecule has 0 bridgehead atoms. The molecule has 0 atom stereocenters. The fourth-order valence-corrected chi connectivity index (χ4v) is 1.93. The summed E-state index contributed by atoms with van der Waals surface area (Å²) in [5, 5.41) is 4.49. The van der Waals surface area contributed by atoms with Gasteiger partial charge in [0.15, 0.2) is 11.5 Å². The Kier molecular flexibility index (Phi) is 4.22. The Bertz CT molecular complexity index is 559. The zero-order valence-electron chi connectivity index (χ0n) is 10.9. The van der Waals surface area contributed by atoms with Gasteiger partial charge in [0.05, 0.1) is 0 Å². The van der Waals surface area contributed by atoms with Gasteiger partial charge < -0.3 is 9.42 Å². The normalized spacial score (nSPS) is 10.5. The zero-order valence-corrected chi connectivity index (χ0v) is 11.6. The lowest BCUT2D eigenvalue weighted by Gasteiger charge is -2.16. The van der Waals surface area contributed by atoms with Crippen LogP contribution in [-0.2, 0) is 0 Å². The molecule has 0 aliphatic heterocycles. The van der Waals surface area contributed by atoms with Crippen LogP contribution in [0, 0.1) is 0 Å². The minimum Gasteiger partial charge on any atom is -0.355 e. The molecule has 2 aromatic rings. The molecule has 1 aromatic heterocycles. The predicted molar refractivity (Wildman–Crippen MR) is 74.2 cm³/mol. The summed E-state index contributed by atoms with van der Waals surface area (Å²) < 4.78 is 5.21. The van der Waals surface area contributed by atoms with E-state index in [4.69, 9.17) is 16.1 Å². The Balaban J connectivity index is 2.23. The van der Waals surface area contributed by atoms with Crippen LogP contribution in [0.3, 0.4) is 0 Å². The molecule has 0 fully saturated rings. The summed E-state index contributed by atoms with van der Waals surface area (Å²) in [6.07, 6.45) is 0. The van der Waals surface area contributed by atoms with E-state index in [0.29, 0.717) is 29.6 Å². The fourth-order valence-electron chi connectivity index (χ4n) is 1.80. The number of rotatable bonds is 4. The van der Waals surface area contributed by atoms with Crippen molar-refractivity contribution < 1.29 is 9.32 Å². The van der Waals surface area contributed by atoms with Crippen LogP contribution in [-0.4, -0.2) is 29.1 Å². The molecule has 0 saturated carbocycles. The van der Waals surface area contributed by atoms with Gasteiger partial charge in [0.2, 0.25) is 0 Å². The van der Waals surface area contributed by atoms with Gasteiger partial charge in [-0.15, -0.1) is 0 Å². The summed E-state index contributed by atoms with van der Waals surface area (Å²) in [5.74, 6) is 0.445. The Labute approximate surface area is 117 Å². The highest BCUT2D eigenvalue weighted by Crippen LogP contribution is 2.22. The molecule has 0 N–H and O–H groups in total. The van der Waals surface area contributed by atoms with Crippen LogP contribution < -0.4 is 0 Å². The van der Waals surface area contributed by atoms with Gasteiger partial charge in [-0.05, 0) is 38.1 Å². The largest absolute Gasteiger partial charge is 0.355 e. The fraction of sp³-hybridized carbons (Fsp3) is 0.286. The number of amides is 1. The lowest BCUT2D eigenvalue weighted by atomic mass is 10.1. The van der Waals surface area contributed by atoms with Crippen LogP contribution in [0.5, 0.6) is 0 Å². The number of halogens is 1. The second-order valence-electron chi connectivity index (χ2n) is 4.06. The Hall–Kier alpha value is -1.81. The highest BCUT2D eigenvalue weighted by atomic mass is 35.5. The van der Waals surface area contributed by atoms with E-state index in [1.165, 1.54) is 0 Å². The minimum absolute atomic E-state index is 0.117. The van der Waals surface area contributed by atoms with Gasteiger partial charge in [-0.25, -0.2) is 0 Å². The predicted octanol–water partition coefficient (Wildman–Crippen LogP) is 3.48. The highest BCUT2D eigenvalue weighted by Gasteiger charge is 2.17. The number of carbonyl (C=O) groups excluding carboxylic acids is 1. The van der Waals surface area contributed by atoms with E-state index in [1.54, 1.807) is 23.1 Å². The van der Waals surface area contributed by atoms with Gasteiger partial charge in [0.25, 0.3) is 5.91 Å². The van der Waals surface area contributed by atoms with E-state index in [0.717, 1.165) is 5.56 Å². The molecule has 0 radical (unpaired) electrons. The molecular formula is C14H15ClN2O2. The summed E-state index contributed by atoms with van der Waals surface area (Å²) in [4.78, 5) is 13.8. The van der Waals surface area contributed by atoms with Gasteiger partial charge in [-0.2, -0.15) is 0 Å². The molecule has 100 valence electrons. The third-order valence-corrected chi connectivity index (χ3v) is 3.16. The monoisotopic (exact) mass is 278 g/mol. The van der Waals surface area contributed by atoms with E-state index >= 15 is 0 Å². The van der Waals surface area contributed by atoms with Crippen LogP contribution in [0.1, 0.15) is 24.3 Å². The van der Waals surface area contributed by atoms with E-state index < -0.39 is 0 Å². The van der Waals surface area contributed by atoms with Crippen molar-refractivity contribution in [1.82, 2.24) is 10.1 Å². The molecule has 0 aliphatic rings. The highest BCUT2D eigenvalue weighted by molar-refractivity contribution is 6.30. The smallest absolute Gasteiger partial charge is 0.276 e. The number of hydrogen-bond acceptors (Lipinski definition) is 3. The van der Waals surface area contributed by atoms with Crippen molar-refractivity contribution in [3.8, 4) is 11.3 Å². The maximum absolute atomic E-state index is 12.1. The molecule has 0 saturated heterocycles. The second kappa shape index (κ2) is 5.89. The average Bonchev–Trinajstić information content (AvgIpc) is 2.90. The summed E-state index contributed by atoms with van der Waals surface area (Å²) in [6, 6.07) is 8.85. The quantitative estimate of drug-likeness (QED) is 0.860. The molecule has 2 rings (SSSR count). The molecule has 4 nitrogen and oxygen atoms in total. The van der Waals surface area contributed by atoms with Gasteiger partial charge in [0, 0.05) is 29.7 Å². The SMILES string of the molecule is CCN(CC)C(=O)c1cc(-c2ccc(Cl)cc2)on1. The van der Waals surface area contributed by atoms with Gasteiger partial charge in [0.1, 0.15) is 0 Å². The number of hydrogen-bond donors (Lipinski definition) is 0. The molecule has 0 spiro atoms. The molecule has 1 heterocycles. The molecule has 19 heavy (non-hydrogen) atoms. The van der Waals surface area contributed by atoms with Gasteiger partial charge in [-0.3, -0.25) is 4.79 Å². The molecule has 1 amide bonds. The first-order valence-electron chi connectivity index (χ1n) is 6.17. The van der Waals surface area contributed by atoms with Crippen molar-refractivity contribution in [1.29, 1.82) is 0 Å². The van der Waals surface area contributed by atoms with Crippen molar-refractivity contribution in [2.24, 2.45) is 0 Å². The number of aromatic nitrogens is 1. The van der Waals surface area contributed by atoms with E-state index in [-0.39, 0.29) is 5.91 Å². The topological polar surface area (TPSA) is 46.3 Å². The van der Waals surface area contributed by atoms with Crippen LogP contribution in [0.25, 0.3) is 11.3 Å². The number of carbonyl (C=O) groups is 1. The average molecular weight is 279 g/mol. The zero-order chi connectivity index (χ0) is 13.8. The summed E-state index contributed by atoms with van der Waals surface area (Å²) in [5.41, 5.74) is 1.17. The minimum atomic E-state index is -0.117. The maximum atomic E-state index is 12.1. The Morgan fingerprint density at radius 1 is 1.26 bits per heavy atom. The lowest BCUT2D eigenvalue weighted by molar-refractivity contribution is 0.0762. The Morgan fingerprint density at radius 3 is 2.47 bits per heavy atom. The first kappa shape index (κ1) is 13.6. The van der Waals surface area contributed by atoms with E-state index in [1.807, 2.05) is 26.0 Å². The van der Waals surface area contributed by atoms with Crippen molar-refractivity contribution >= 4 is 17.5 Å². The van der Waals surface area contributed by atoms with Gasteiger partial charge in [-0.1, -0.05) is 16.8 Å². The number of nitrogens with zero attached hydrogens (tertiary/aromatic N) is 2. The first-order valence-corrected chi connectivity index (χ1v) is 6.55. The summed E-state index contributed by atoms with van der Waals surface area (Å²) in [6.45, 7) is 5.17. The van der Waals surface area contributed by atoms with Crippen LogP contribution in [0.4, 0.5) is 0 Å². The molecule has 0 unspecified atom stereocenters.